The van der Waals surface area contributed by atoms with Crippen LogP contribution in [0.1, 0.15) is 49.1 Å². The zero-order chi connectivity index (χ0) is 15.0. The number of aryl methyl sites for hydroxylation is 1. The van der Waals surface area contributed by atoms with E-state index in [1.165, 1.54) is 18.4 Å². The second-order valence-electron chi connectivity index (χ2n) is 6.59. The van der Waals surface area contributed by atoms with Crippen LogP contribution in [-0.2, 0) is 28.9 Å². The van der Waals surface area contributed by atoms with Crippen molar-refractivity contribution >= 4 is 0 Å². The number of nitrogens with one attached hydrogen (secondary N) is 1. The summed E-state index contributed by atoms with van der Waals surface area (Å²) in [6.07, 6.45) is 5.22. The maximum Gasteiger partial charge on any atom is 0.171 e. The molecule has 2 heterocycles. The van der Waals surface area contributed by atoms with Gasteiger partial charge in [0, 0.05) is 37.4 Å². The maximum absolute atomic E-state index is 14.4. The molecule has 0 amide bonds. The molecule has 2 atom stereocenters. The zero-order valence-corrected chi connectivity index (χ0v) is 12.8. The number of rotatable bonds is 3. The van der Waals surface area contributed by atoms with E-state index >= 15 is 0 Å². The van der Waals surface area contributed by atoms with Crippen LogP contribution in [0.25, 0.3) is 0 Å². The summed E-state index contributed by atoms with van der Waals surface area (Å²) in [6, 6.07) is -0.158. The third-order valence-electron chi connectivity index (χ3n) is 5.16. The van der Waals surface area contributed by atoms with Crippen LogP contribution in [0, 0.1) is 0 Å². The first-order valence-electron chi connectivity index (χ1n) is 8.37. The summed E-state index contributed by atoms with van der Waals surface area (Å²) in [6.45, 7) is 1.74. The molecule has 0 bridgehead atoms. The molecule has 1 aromatic rings. The number of halogens is 1. The molecule has 1 saturated carbocycles. The molecule has 0 aromatic carbocycles. The molecule has 2 aliphatic carbocycles. The molecule has 1 spiro atoms. The van der Waals surface area contributed by atoms with E-state index in [1.807, 2.05) is 0 Å². The summed E-state index contributed by atoms with van der Waals surface area (Å²) >= 11 is 0. The lowest BCUT2D eigenvalue weighted by Crippen LogP contribution is -2.49. The Morgan fingerprint density at radius 2 is 2.05 bits per heavy atom. The van der Waals surface area contributed by atoms with Crippen molar-refractivity contribution in [2.24, 2.45) is 0 Å². The molecule has 3 aliphatic rings. The molecule has 2 fully saturated rings. The number of aromatic nitrogens is 1. The van der Waals surface area contributed by atoms with E-state index in [2.05, 4.69) is 10.5 Å². The monoisotopic (exact) mass is 310 g/mol. The highest BCUT2D eigenvalue weighted by molar-refractivity contribution is 5.25. The van der Waals surface area contributed by atoms with Gasteiger partial charge in [-0.1, -0.05) is 5.16 Å². The van der Waals surface area contributed by atoms with Crippen LogP contribution >= 0.6 is 0 Å². The molecule has 4 rings (SSSR count). The molecule has 5 nitrogen and oxygen atoms in total. The Labute approximate surface area is 129 Å². The summed E-state index contributed by atoms with van der Waals surface area (Å²) in [4.78, 5) is 0. The van der Waals surface area contributed by atoms with Crippen LogP contribution in [0.3, 0.4) is 0 Å². The highest BCUT2D eigenvalue weighted by Crippen LogP contribution is 2.37. The number of hydrogen-bond donors (Lipinski definition) is 1. The van der Waals surface area contributed by atoms with Crippen LogP contribution in [0.15, 0.2) is 4.52 Å². The molecule has 122 valence electrons. The van der Waals surface area contributed by atoms with Crippen molar-refractivity contribution in [2.75, 3.05) is 13.2 Å². The number of fused-ring (bicyclic) bond motifs is 1. The predicted octanol–water partition coefficient (Wildman–Crippen LogP) is 2.28. The Balaban J connectivity index is 1.35. The van der Waals surface area contributed by atoms with Crippen molar-refractivity contribution in [1.29, 1.82) is 0 Å². The van der Waals surface area contributed by atoms with E-state index in [9.17, 15) is 4.39 Å². The molecule has 1 aliphatic heterocycles. The zero-order valence-electron chi connectivity index (χ0n) is 12.8. The maximum atomic E-state index is 14.4. The van der Waals surface area contributed by atoms with Crippen LogP contribution in [-0.4, -0.2) is 36.4 Å². The second kappa shape index (κ2) is 5.91. The Kier molecular flexibility index (Phi) is 3.92. The topological polar surface area (TPSA) is 56.5 Å². The van der Waals surface area contributed by atoms with Crippen molar-refractivity contribution in [3.05, 3.63) is 17.0 Å². The Morgan fingerprint density at radius 3 is 2.86 bits per heavy atom. The Hall–Kier alpha value is -0.980. The summed E-state index contributed by atoms with van der Waals surface area (Å²) < 4.78 is 31.1. The van der Waals surface area contributed by atoms with E-state index in [0.29, 0.717) is 26.2 Å². The van der Waals surface area contributed by atoms with Crippen molar-refractivity contribution in [2.45, 2.75) is 69.5 Å². The molecular weight excluding hydrogens is 287 g/mol. The largest absolute Gasteiger partial charge is 0.361 e. The van der Waals surface area contributed by atoms with Gasteiger partial charge < -0.3 is 19.3 Å². The quantitative estimate of drug-likeness (QED) is 0.928. The first-order valence-corrected chi connectivity index (χ1v) is 8.37. The summed E-state index contributed by atoms with van der Waals surface area (Å²) in [5.74, 6) is 0.361. The number of alkyl halides is 1. The van der Waals surface area contributed by atoms with Gasteiger partial charge in [0.25, 0.3) is 0 Å². The fourth-order valence-electron chi connectivity index (χ4n) is 3.90. The normalized spacial score (nSPS) is 30.6. The van der Waals surface area contributed by atoms with E-state index in [0.717, 1.165) is 37.1 Å². The van der Waals surface area contributed by atoms with Gasteiger partial charge in [0.15, 0.2) is 5.79 Å². The average Bonchev–Trinajstić information content (AvgIpc) is 3.14. The molecule has 1 saturated heterocycles. The predicted molar refractivity (Wildman–Crippen MR) is 77.2 cm³/mol. The van der Waals surface area contributed by atoms with Gasteiger partial charge in [-0.3, -0.25) is 0 Å². The van der Waals surface area contributed by atoms with Gasteiger partial charge in [-0.05, 0) is 25.7 Å². The first-order chi connectivity index (χ1) is 10.8. The lowest BCUT2D eigenvalue weighted by atomic mass is 9.88. The molecule has 22 heavy (non-hydrogen) atoms. The highest BCUT2D eigenvalue weighted by atomic mass is 19.1. The van der Waals surface area contributed by atoms with E-state index < -0.39 is 12.0 Å². The van der Waals surface area contributed by atoms with Gasteiger partial charge >= 0.3 is 0 Å². The Morgan fingerprint density at radius 1 is 1.23 bits per heavy atom. The van der Waals surface area contributed by atoms with Crippen LogP contribution in [0.2, 0.25) is 0 Å². The van der Waals surface area contributed by atoms with Gasteiger partial charge in [0.05, 0.1) is 13.2 Å². The minimum absolute atomic E-state index is 0.158. The lowest BCUT2D eigenvalue weighted by molar-refractivity contribution is -0.192. The fraction of sp³-hybridized carbons (Fsp3) is 0.812. The smallest absolute Gasteiger partial charge is 0.171 e. The van der Waals surface area contributed by atoms with E-state index in [-0.39, 0.29) is 6.04 Å². The molecular formula is C16H23FN2O3. The summed E-state index contributed by atoms with van der Waals surface area (Å²) in [7, 11) is 0. The molecule has 6 heteroatoms. The van der Waals surface area contributed by atoms with E-state index in [4.69, 9.17) is 14.0 Å². The number of ether oxygens (including phenoxy) is 2. The minimum atomic E-state index is -0.949. The van der Waals surface area contributed by atoms with Crippen molar-refractivity contribution < 1.29 is 18.4 Å². The summed E-state index contributed by atoms with van der Waals surface area (Å²) in [5.41, 5.74) is 2.19. The van der Waals surface area contributed by atoms with E-state index in [1.54, 1.807) is 0 Å². The highest BCUT2D eigenvalue weighted by Gasteiger charge is 2.45. The summed E-state index contributed by atoms with van der Waals surface area (Å²) in [5, 5.41) is 7.49. The lowest BCUT2D eigenvalue weighted by Gasteiger charge is -2.37. The fourth-order valence-corrected chi connectivity index (χ4v) is 3.90. The third kappa shape index (κ3) is 2.68. The SMILES string of the molecule is F[C@H]1CC2(CC[C@H]1NCc1noc3c1CCCC3)OCCO2. The van der Waals surface area contributed by atoms with Gasteiger partial charge in [-0.2, -0.15) is 0 Å². The van der Waals surface area contributed by atoms with Crippen molar-refractivity contribution in [1.82, 2.24) is 10.5 Å². The molecule has 1 N–H and O–H groups in total. The average molecular weight is 310 g/mol. The van der Waals surface area contributed by atoms with Gasteiger partial charge in [-0.15, -0.1) is 0 Å². The van der Waals surface area contributed by atoms with Gasteiger partial charge in [-0.25, -0.2) is 4.39 Å². The van der Waals surface area contributed by atoms with Gasteiger partial charge in [0.2, 0.25) is 0 Å². The number of nitrogens with zero attached hydrogens (tertiary/aromatic N) is 1. The second-order valence-corrected chi connectivity index (χ2v) is 6.59. The van der Waals surface area contributed by atoms with Crippen molar-refractivity contribution in [3.63, 3.8) is 0 Å². The number of hydrogen-bond acceptors (Lipinski definition) is 5. The minimum Gasteiger partial charge on any atom is -0.361 e. The third-order valence-corrected chi connectivity index (χ3v) is 5.16. The standard InChI is InChI=1S/C16H23FN2O3/c17-12-9-16(20-7-8-21-16)6-5-13(12)18-10-14-11-3-1-2-4-15(11)22-19-14/h12-13,18H,1-10H2/t12-,13+/m0/s1. The molecule has 0 radical (unpaired) electrons. The van der Waals surface area contributed by atoms with Crippen LogP contribution < -0.4 is 5.32 Å². The molecule has 1 aromatic heterocycles. The van der Waals surface area contributed by atoms with Crippen LogP contribution in [0.5, 0.6) is 0 Å². The molecule has 0 unspecified atom stereocenters. The Bertz CT molecular complexity index is 527. The van der Waals surface area contributed by atoms with Crippen molar-refractivity contribution in [3.8, 4) is 0 Å². The van der Waals surface area contributed by atoms with Gasteiger partial charge in [0.1, 0.15) is 17.6 Å². The first kappa shape index (κ1) is 14.6. The van der Waals surface area contributed by atoms with Crippen LogP contribution in [0.4, 0.5) is 4.39 Å².